The largest absolute Gasteiger partial charge is 0.383 e. The second kappa shape index (κ2) is 9.30. The molecule has 1 aromatic carbocycles. The van der Waals surface area contributed by atoms with Crippen molar-refractivity contribution in [2.24, 2.45) is 0 Å². The number of carbonyl (C=O) groups is 2. The first kappa shape index (κ1) is 16.4. The number of methoxy groups -OCH3 is 1. The van der Waals surface area contributed by atoms with Crippen molar-refractivity contribution < 1.29 is 14.3 Å². The van der Waals surface area contributed by atoms with Gasteiger partial charge in [-0.1, -0.05) is 23.7 Å². The van der Waals surface area contributed by atoms with Gasteiger partial charge in [-0.2, -0.15) is 0 Å². The predicted molar refractivity (Wildman–Crippen MR) is 77.8 cm³/mol. The molecule has 0 heterocycles. The topological polar surface area (TPSA) is 79.5 Å². The van der Waals surface area contributed by atoms with Crippen LogP contribution in [-0.4, -0.2) is 45.2 Å². The van der Waals surface area contributed by atoms with Crippen molar-refractivity contribution >= 4 is 29.1 Å². The van der Waals surface area contributed by atoms with Gasteiger partial charge in [-0.15, -0.1) is 0 Å². The Morgan fingerprint density at radius 1 is 1.20 bits per heavy atom. The monoisotopic (exact) mass is 299 g/mol. The van der Waals surface area contributed by atoms with Gasteiger partial charge >= 0.3 is 0 Å². The van der Waals surface area contributed by atoms with Gasteiger partial charge in [0.15, 0.2) is 0 Å². The Hall–Kier alpha value is -1.63. The van der Waals surface area contributed by atoms with Gasteiger partial charge in [0.1, 0.15) is 0 Å². The van der Waals surface area contributed by atoms with E-state index < -0.39 is 0 Å². The molecule has 0 spiro atoms. The summed E-state index contributed by atoms with van der Waals surface area (Å²) < 4.78 is 4.80. The minimum atomic E-state index is -0.261. The highest BCUT2D eigenvalue weighted by molar-refractivity contribution is 6.33. The van der Waals surface area contributed by atoms with E-state index in [1.165, 1.54) is 0 Å². The van der Waals surface area contributed by atoms with Crippen molar-refractivity contribution in [3.05, 3.63) is 29.3 Å². The maximum absolute atomic E-state index is 11.6. The lowest BCUT2D eigenvalue weighted by Crippen LogP contribution is -2.38. The Bertz CT molecular complexity index is 454. The molecule has 2 amide bonds. The molecule has 0 saturated carbocycles. The number of hydrogen-bond acceptors (Lipinski definition) is 4. The fourth-order valence-electron chi connectivity index (χ4n) is 1.40. The molecule has 0 aliphatic carbocycles. The van der Waals surface area contributed by atoms with E-state index >= 15 is 0 Å². The van der Waals surface area contributed by atoms with Crippen LogP contribution in [0.5, 0.6) is 0 Å². The molecule has 0 radical (unpaired) electrons. The van der Waals surface area contributed by atoms with Crippen LogP contribution in [0.3, 0.4) is 0 Å². The molecule has 6 nitrogen and oxygen atoms in total. The zero-order chi connectivity index (χ0) is 14.8. The highest BCUT2D eigenvalue weighted by Crippen LogP contribution is 2.19. The van der Waals surface area contributed by atoms with Crippen molar-refractivity contribution in [3.8, 4) is 0 Å². The van der Waals surface area contributed by atoms with Gasteiger partial charge in [0.25, 0.3) is 0 Å². The summed E-state index contributed by atoms with van der Waals surface area (Å²) >= 11 is 5.91. The molecule has 0 fully saturated rings. The first-order chi connectivity index (χ1) is 9.63. The summed E-state index contributed by atoms with van der Waals surface area (Å²) in [5.74, 6) is -0.449. The van der Waals surface area contributed by atoms with Gasteiger partial charge in [0.05, 0.1) is 30.4 Å². The van der Waals surface area contributed by atoms with Crippen molar-refractivity contribution in [2.75, 3.05) is 38.7 Å². The molecule has 3 N–H and O–H groups in total. The molecule has 0 saturated heterocycles. The van der Waals surface area contributed by atoms with Crippen molar-refractivity contribution in [1.82, 2.24) is 10.6 Å². The lowest BCUT2D eigenvalue weighted by Gasteiger charge is -2.08. The lowest BCUT2D eigenvalue weighted by atomic mass is 10.3. The van der Waals surface area contributed by atoms with Gasteiger partial charge in [-0.25, -0.2) is 0 Å². The van der Waals surface area contributed by atoms with E-state index in [2.05, 4.69) is 16.0 Å². The summed E-state index contributed by atoms with van der Waals surface area (Å²) in [5, 5.41) is 8.50. The number of rotatable bonds is 8. The maximum Gasteiger partial charge on any atom is 0.238 e. The van der Waals surface area contributed by atoms with Crippen molar-refractivity contribution in [3.63, 3.8) is 0 Å². The van der Waals surface area contributed by atoms with Crippen LogP contribution in [0.15, 0.2) is 24.3 Å². The molecule has 0 aromatic heterocycles. The van der Waals surface area contributed by atoms with Crippen LogP contribution in [0.25, 0.3) is 0 Å². The van der Waals surface area contributed by atoms with Crippen LogP contribution in [0.2, 0.25) is 5.02 Å². The van der Waals surface area contributed by atoms with Gasteiger partial charge in [-0.05, 0) is 12.1 Å². The standard InChI is InChI=1S/C13H18ClN3O3/c1-20-7-6-16-12(18)8-15-9-13(19)17-11-5-3-2-4-10(11)14/h2-5,15H,6-9H2,1H3,(H,16,18)(H,17,19). The summed E-state index contributed by atoms with van der Waals surface area (Å²) in [6.45, 7) is 1.00. The molecular weight excluding hydrogens is 282 g/mol. The number of halogens is 1. The van der Waals surface area contributed by atoms with E-state index in [-0.39, 0.29) is 24.9 Å². The average Bonchev–Trinajstić information content (AvgIpc) is 2.42. The number of hydrogen-bond donors (Lipinski definition) is 3. The number of para-hydroxylation sites is 1. The van der Waals surface area contributed by atoms with Crippen molar-refractivity contribution in [2.45, 2.75) is 0 Å². The third-order valence-electron chi connectivity index (χ3n) is 2.35. The lowest BCUT2D eigenvalue weighted by molar-refractivity contribution is -0.120. The maximum atomic E-state index is 11.6. The minimum absolute atomic E-state index is 0.0307. The Morgan fingerprint density at radius 3 is 2.60 bits per heavy atom. The van der Waals surface area contributed by atoms with Crippen LogP contribution >= 0.6 is 11.6 Å². The summed E-state index contributed by atoms with van der Waals surface area (Å²) in [4.78, 5) is 23.0. The minimum Gasteiger partial charge on any atom is -0.383 e. The molecule has 7 heteroatoms. The summed E-state index contributed by atoms with van der Waals surface area (Å²) in [6.07, 6.45) is 0. The Balaban J connectivity index is 2.20. The average molecular weight is 300 g/mol. The quantitative estimate of drug-likeness (QED) is 0.615. The van der Waals surface area contributed by atoms with E-state index in [9.17, 15) is 9.59 Å². The fraction of sp³-hybridized carbons (Fsp3) is 0.385. The molecule has 0 bridgehead atoms. The Morgan fingerprint density at radius 2 is 1.90 bits per heavy atom. The van der Waals surface area contributed by atoms with E-state index in [0.717, 1.165) is 0 Å². The normalized spacial score (nSPS) is 10.1. The third-order valence-corrected chi connectivity index (χ3v) is 2.68. The van der Waals surface area contributed by atoms with Crippen LogP contribution < -0.4 is 16.0 Å². The van der Waals surface area contributed by atoms with Crippen LogP contribution in [0.1, 0.15) is 0 Å². The fourth-order valence-corrected chi connectivity index (χ4v) is 1.58. The smallest absolute Gasteiger partial charge is 0.238 e. The highest BCUT2D eigenvalue weighted by atomic mass is 35.5. The summed E-state index contributed by atoms with van der Waals surface area (Å²) in [5.41, 5.74) is 0.547. The first-order valence-electron chi connectivity index (χ1n) is 6.14. The molecule has 0 aliphatic rings. The Labute approximate surface area is 122 Å². The predicted octanol–water partition coefficient (Wildman–Crippen LogP) is 0.631. The molecule has 110 valence electrons. The SMILES string of the molecule is COCCNC(=O)CNCC(=O)Nc1ccccc1Cl. The van der Waals surface area contributed by atoms with Gasteiger partial charge in [-0.3, -0.25) is 14.9 Å². The number of nitrogens with one attached hydrogen (secondary N) is 3. The molecule has 1 rings (SSSR count). The molecule has 0 unspecified atom stereocenters. The molecule has 1 aromatic rings. The van der Waals surface area contributed by atoms with E-state index in [1.54, 1.807) is 31.4 Å². The second-order valence-electron chi connectivity index (χ2n) is 3.97. The van der Waals surface area contributed by atoms with E-state index in [0.29, 0.717) is 23.9 Å². The van der Waals surface area contributed by atoms with Crippen LogP contribution in [-0.2, 0) is 14.3 Å². The molecule has 0 atom stereocenters. The van der Waals surface area contributed by atoms with E-state index in [4.69, 9.17) is 16.3 Å². The number of anilines is 1. The molecular formula is C13H18ClN3O3. The zero-order valence-corrected chi connectivity index (χ0v) is 12.0. The van der Waals surface area contributed by atoms with Crippen LogP contribution in [0.4, 0.5) is 5.69 Å². The summed E-state index contributed by atoms with van der Waals surface area (Å²) in [7, 11) is 1.56. The van der Waals surface area contributed by atoms with Crippen LogP contribution in [0, 0.1) is 0 Å². The first-order valence-corrected chi connectivity index (χ1v) is 6.52. The van der Waals surface area contributed by atoms with Gasteiger partial charge in [0.2, 0.25) is 11.8 Å². The summed E-state index contributed by atoms with van der Waals surface area (Å²) in [6, 6.07) is 6.95. The number of amides is 2. The zero-order valence-electron chi connectivity index (χ0n) is 11.2. The van der Waals surface area contributed by atoms with Gasteiger partial charge in [0, 0.05) is 13.7 Å². The Kier molecular flexibility index (Phi) is 7.64. The second-order valence-corrected chi connectivity index (χ2v) is 4.38. The number of ether oxygens (including phenoxy) is 1. The van der Waals surface area contributed by atoms with E-state index in [1.807, 2.05) is 0 Å². The third kappa shape index (κ3) is 6.51. The highest BCUT2D eigenvalue weighted by Gasteiger charge is 2.06. The number of carbonyl (C=O) groups excluding carboxylic acids is 2. The van der Waals surface area contributed by atoms with Crippen molar-refractivity contribution in [1.29, 1.82) is 0 Å². The number of benzene rings is 1. The molecule has 0 aliphatic heterocycles. The van der Waals surface area contributed by atoms with Gasteiger partial charge < -0.3 is 15.4 Å². The molecule has 20 heavy (non-hydrogen) atoms.